The lowest BCUT2D eigenvalue weighted by Crippen LogP contribution is -2.31. The Morgan fingerprint density at radius 3 is 2.86 bits per heavy atom. The molecule has 0 saturated carbocycles. The number of hydrogen-bond acceptors (Lipinski definition) is 3. The topological polar surface area (TPSA) is 32.3 Å². The Bertz CT molecular complexity index is 582. The third-order valence-electron chi connectivity index (χ3n) is 4.17. The van der Waals surface area contributed by atoms with Crippen molar-refractivity contribution in [3.05, 3.63) is 52.7 Å². The summed E-state index contributed by atoms with van der Waals surface area (Å²) in [4.78, 5) is 15.6. The van der Waals surface area contributed by atoms with Gasteiger partial charge in [-0.1, -0.05) is 24.3 Å². The summed E-state index contributed by atoms with van der Waals surface area (Å²) in [6, 6.07) is 14.6. The van der Waals surface area contributed by atoms with E-state index >= 15 is 0 Å². The largest absolute Gasteiger partial charge is 0.371 e. The molecule has 0 aliphatic carbocycles. The SMILES string of the molecule is O=C(CCc1cccs1)NCC1CCN(c2ccccc2)C1. The van der Waals surface area contributed by atoms with Gasteiger partial charge in [-0.15, -0.1) is 11.3 Å². The van der Waals surface area contributed by atoms with E-state index in [1.54, 1.807) is 11.3 Å². The van der Waals surface area contributed by atoms with Crippen molar-refractivity contribution in [1.29, 1.82) is 0 Å². The molecule has 1 unspecified atom stereocenters. The standard InChI is InChI=1S/C18H22N2OS/c21-18(9-8-17-7-4-12-22-17)19-13-15-10-11-20(14-15)16-5-2-1-3-6-16/h1-7,12,15H,8-11,13-14H2,(H,19,21). The number of amides is 1. The fourth-order valence-corrected chi connectivity index (χ4v) is 3.62. The Balaban J connectivity index is 1.38. The van der Waals surface area contributed by atoms with E-state index < -0.39 is 0 Å². The summed E-state index contributed by atoms with van der Waals surface area (Å²) in [5, 5.41) is 5.16. The maximum absolute atomic E-state index is 11.9. The van der Waals surface area contributed by atoms with Crippen LogP contribution in [0.25, 0.3) is 0 Å². The van der Waals surface area contributed by atoms with Crippen LogP contribution in [0.1, 0.15) is 17.7 Å². The summed E-state index contributed by atoms with van der Waals surface area (Å²) in [7, 11) is 0. The van der Waals surface area contributed by atoms with Crippen LogP contribution in [0.5, 0.6) is 0 Å². The van der Waals surface area contributed by atoms with Crippen LogP contribution in [0.4, 0.5) is 5.69 Å². The fraction of sp³-hybridized carbons (Fsp3) is 0.389. The van der Waals surface area contributed by atoms with E-state index in [4.69, 9.17) is 0 Å². The van der Waals surface area contributed by atoms with Crippen LogP contribution in [0.15, 0.2) is 47.8 Å². The molecule has 0 spiro atoms. The molecule has 116 valence electrons. The van der Waals surface area contributed by atoms with Gasteiger partial charge in [-0.2, -0.15) is 0 Å². The zero-order valence-corrected chi connectivity index (χ0v) is 13.5. The molecule has 1 amide bonds. The second-order valence-electron chi connectivity index (χ2n) is 5.82. The molecule has 1 saturated heterocycles. The van der Waals surface area contributed by atoms with Crippen molar-refractivity contribution in [2.75, 3.05) is 24.5 Å². The van der Waals surface area contributed by atoms with Crippen molar-refractivity contribution in [2.45, 2.75) is 19.3 Å². The number of carbonyl (C=O) groups excluding carboxylic acids is 1. The lowest BCUT2D eigenvalue weighted by molar-refractivity contribution is -0.121. The van der Waals surface area contributed by atoms with E-state index in [0.717, 1.165) is 32.5 Å². The van der Waals surface area contributed by atoms with E-state index in [1.807, 2.05) is 12.1 Å². The van der Waals surface area contributed by atoms with Gasteiger partial charge in [0, 0.05) is 36.6 Å². The highest BCUT2D eigenvalue weighted by Gasteiger charge is 2.22. The number of nitrogens with zero attached hydrogens (tertiary/aromatic N) is 1. The molecule has 1 atom stereocenters. The van der Waals surface area contributed by atoms with Gasteiger partial charge in [-0.3, -0.25) is 4.79 Å². The number of benzene rings is 1. The first-order valence-electron chi connectivity index (χ1n) is 7.90. The first-order chi connectivity index (χ1) is 10.8. The molecule has 22 heavy (non-hydrogen) atoms. The van der Waals surface area contributed by atoms with Gasteiger partial charge in [-0.05, 0) is 42.3 Å². The minimum absolute atomic E-state index is 0.173. The maximum atomic E-state index is 11.9. The van der Waals surface area contributed by atoms with Crippen LogP contribution in [-0.2, 0) is 11.2 Å². The van der Waals surface area contributed by atoms with Crippen LogP contribution < -0.4 is 10.2 Å². The number of aryl methyl sites for hydroxylation is 1. The third kappa shape index (κ3) is 4.10. The molecule has 1 fully saturated rings. The van der Waals surface area contributed by atoms with E-state index in [-0.39, 0.29) is 5.91 Å². The number of rotatable bonds is 6. The van der Waals surface area contributed by atoms with Crippen LogP contribution >= 0.6 is 11.3 Å². The van der Waals surface area contributed by atoms with Crippen molar-refractivity contribution in [3.8, 4) is 0 Å². The molecule has 1 aromatic carbocycles. The summed E-state index contributed by atoms with van der Waals surface area (Å²) in [6.07, 6.45) is 2.60. The predicted molar refractivity (Wildman–Crippen MR) is 92.4 cm³/mol. The molecule has 3 rings (SSSR count). The van der Waals surface area contributed by atoms with Crippen molar-refractivity contribution in [1.82, 2.24) is 5.32 Å². The molecule has 1 aromatic heterocycles. The highest BCUT2D eigenvalue weighted by molar-refractivity contribution is 7.09. The molecule has 1 aliphatic rings. The number of thiophene rings is 1. The molecule has 0 bridgehead atoms. The molecule has 1 aliphatic heterocycles. The highest BCUT2D eigenvalue weighted by Crippen LogP contribution is 2.23. The van der Waals surface area contributed by atoms with E-state index in [0.29, 0.717) is 12.3 Å². The molecule has 2 aromatic rings. The van der Waals surface area contributed by atoms with Crippen molar-refractivity contribution < 1.29 is 4.79 Å². The summed E-state index contributed by atoms with van der Waals surface area (Å²) in [5.41, 5.74) is 1.29. The van der Waals surface area contributed by atoms with Gasteiger partial charge in [0.25, 0.3) is 0 Å². The minimum Gasteiger partial charge on any atom is -0.371 e. The van der Waals surface area contributed by atoms with Crippen LogP contribution in [0.2, 0.25) is 0 Å². The monoisotopic (exact) mass is 314 g/mol. The normalized spacial score (nSPS) is 17.6. The predicted octanol–water partition coefficient (Wildman–Crippen LogP) is 3.32. The first-order valence-corrected chi connectivity index (χ1v) is 8.78. The number of anilines is 1. The van der Waals surface area contributed by atoms with Crippen LogP contribution in [0.3, 0.4) is 0 Å². The molecular weight excluding hydrogens is 292 g/mol. The number of hydrogen-bond donors (Lipinski definition) is 1. The number of nitrogens with one attached hydrogen (secondary N) is 1. The minimum atomic E-state index is 0.173. The average molecular weight is 314 g/mol. The molecule has 1 N–H and O–H groups in total. The lowest BCUT2D eigenvalue weighted by Gasteiger charge is -2.18. The van der Waals surface area contributed by atoms with Crippen molar-refractivity contribution in [2.24, 2.45) is 5.92 Å². The van der Waals surface area contributed by atoms with Gasteiger partial charge >= 0.3 is 0 Å². The number of para-hydroxylation sites is 1. The second kappa shape index (κ2) is 7.45. The Morgan fingerprint density at radius 2 is 2.09 bits per heavy atom. The fourth-order valence-electron chi connectivity index (χ4n) is 2.91. The van der Waals surface area contributed by atoms with Gasteiger partial charge in [0.15, 0.2) is 0 Å². The van der Waals surface area contributed by atoms with Gasteiger partial charge in [-0.25, -0.2) is 0 Å². The van der Waals surface area contributed by atoms with Crippen molar-refractivity contribution >= 4 is 22.9 Å². The van der Waals surface area contributed by atoms with Crippen LogP contribution in [-0.4, -0.2) is 25.5 Å². The Morgan fingerprint density at radius 1 is 1.23 bits per heavy atom. The second-order valence-corrected chi connectivity index (χ2v) is 6.85. The van der Waals surface area contributed by atoms with Gasteiger partial charge in [0.05, 0.1) is 0 Å². The Kier molecular flexibility index (Phi) is 5.11. The smallest absolute Gasteiger partial charge is 0.220 e. The van der Waals surface area contributed by atoms with Gasteiger partial charge in [0.1, 0.15) is 0 Å². The molecule has 3 nitrogen and oxygen atoms in total. The lowest BCUT2D eigenvalue weighted by atomic mass is 10.1. The summed E-state index contributed by atoms with van der Waals surface area (Å²) in [5.74, 6) is 0.734. The zero-order valence-electron chi connectivity index (χ0n) is 12.7. The molecular formula is C18H22N2OS. The molecule has 0 radical (unpaired) electrons. The molecule has 2 heterocycles. The summed E-state index contributed by atoms with van der Waals surface area (Å²) >= 11 is 1.72. The van der Waals surface area contributed by atoms with E-state index in [1.165, 1.54) is 10.6 Å². The molecule has 4 heteroatoms. The summed E-state index contributed by atoms with van der Waals surface area (Å²) in [6.45, 7) is 2.92. The Labute approximate surface area is 136 Å². The highest BCUT2D eigenvalue weighted by atomic mass is 32.1. The third-order valence-corrected chi connectivity index (χ3v) is 5.11. The van der Waals surface area contributed by atoms with Gasteiger partial charge in [0.2, 0.25) is 5.91 Å². The number of carbonyl (C=O) groups is 1. The zero-order chi connectivity index (χ0) is 15.2. The van der Waals surface area contributed by atoms with E-state index in [9.17, 15) is 4.79 Å². The first kappa shape index (κ1) is 15.1. The Hall–Kier alpha value is -1.81. The quantitative estimate of drug-likeness (QED) is 0.887. The van der Waals surface area contributed by atoms with Crippen molar-refractivity contribution in [3.63, 3.8) is 0 Å². The van der Waals surface area contributed by atoms with Crippen LogP contribution in [0, 0.1) is 5.92 Å². The average Bonchev–Trinajstić information content (AvgIpc) is 3.23. The van der Waals surface area contributed by atoms with E-state index in [2.05, 4.69) is 45.9 Å². The van der Waals surface area contributed by atoms with Gasteiger partial charge < -0.3 is 10.2 Å². The summed E-state index contributed by atoms with van der Waals surface area (Å²) < 4.78 is 0. The maximum Gasteiger partial charge on any atom is 0.220 e.